The number of hydrogen-bond acceptors (Lipinski definition) is 3. The summed E-state index contributed by atoms with van der Waals surface area (Å²) in [7, 11) is 1.53. The largest absolute Gasteiger partial charge is 0.481 e. The number of carboxylic acid groups (broad SMARTS) is 1. The fourth-order valence-electron chi connectivity index (χ4n) is 1.38. The first-order chi connectivity index (χ1) is 9.02. The summed E-state index contributed by atoms with van der Waals surface area (Å²) in [6.45, 7) is 0.147. The molecule has 2 N–H and O–H groups in total. The molecule has 0 aliphatic heterocycles. The van der Waals surface area contributed by atoms with Gasteiger partial charge in [0, 0.05) is 19.3 Å². The summed E-state index contributed by atoms with van der Waals surface area (Å²) < 4.78 is 0. The first-order valence-corrected chi connectivity index (χ1v) is 5.72. The second-order valence-electron chi connectivity index (χ2n) is 4.03. The normalized spacial score (nSPS) is 9.47. The zero-order valence-corrected chi connectivity index (χ0v) is 10.6. The molecule has 0 saturated heterocycles. The van der Waals surface area contributed by atoms with Crippen LogP contribution in [0, 0.1) is 11.3 Å². The molecule has 0 saturated carbocycles. The third-order valence-electron chi connectivity index (χ3n) is 2.50. The molecular formula is C13H15N3O3. The van der Waals surface area contributed by atoms with E-state index in [0.29, 0.717) is 12.1 Å². The Bertz CT molecular complexity index is 491. The summed E-state index contributed by atoms with van der Waals surface area (Å²) in [6, 6.07) is 8.60. The number of urea groups is 1. The third kappa shape index (κ3) is 5.08. The van der Waals surface area contributed by atoms with Gasteiger partial charge >= 0.3 is 12.0 Å². The van der Waals surface area contributed by atoms with Gasteiger partial charge in [0.1, 0.15) is 0 Å². The maximum absolute atomic E-state index is 11.7. The average Bonchev–Trinajstić information content (AvgIpc) is 2.38. The highest BCUT2D eigenvalue weighted by Crippen LogP contribution is 2.10. The number of carbonyl (C=O) groups is 2. The summed E-state index contributed by atoms with van der Waals surface area (Å²) in [4.78, 5) is 23.4. The maximum atomic E-state index is 11.7. The summed E-state index contributed by atoms with van der Waals surface area (Å²) in [5, 5.41) is 19.7. The van der Waals surface area contributed by atoms with Crippen molar-refractivity contribution in [3.8, 4) is 6.07 Å². The smallest absolute Gasteiger partial charge is 0.321 e. The molecule has 0 heterocycles. The number of carboxylic acids is 1. The first-order valence-electron chi connectivity index (χ1n) is 5.72. The van der Waals surface area contributed by atoms with Crippen molar-refractivity contribution >= 4 is 17.7 Å². The number of aliphatic carboxylic acids is 1. The standard InChI is InChI=1S/C13H15N3O3/c1-16(9-7-12(17)18)13(19)15-11-4-2-10(3-5-11)6-8-14/h2-5H,6-7,9H2,1H3,(H,15,19)(H,17,18). The van der Waals surface area contributed by atoms with Gasteiger partial charge in [0.15, 0.2) is 0 Å². The third-order valence-corrected chi connectivity index (χ3v) is 2.50. The molecule has 0 radical (unpaired) electrons. The Labute approximate surface area is 111 Å². The van der Waals surface area contributed by atoms with E-state index in [2.05, 4.69) is 5.32 Å². The minimum Gasteiger partial charge on any atom is -0.481 e. The van der Waals surface area contributed by atoms with Crippen LogP contribution in [0.3, 0.4) is 0 Å². The Balaban J connectivity index is 2.52. The Morgan fingerprint density at radius 2 is 2.00 bits per heavy atom. The van der Waals surface area contributed by atoms with Crippen LogP contribution in [0.4, 0.5) is 10.5 Å². The molecular weight excluding hydrogens is 246 g/mol. The Morgan fingerprint density at radius 3 is 2.53 bits per heavy atom. The van der Waals surface area contributed by atoms with Gasteiger partial charge in [-0.1, -0.05) is 12.1 Å². The van der Waals surface area contributed by atoms with Crippen molar-refractivity contribution in [3.05, 3.63) is 29.8 Å². The lowest BCUT2D eigenvalue weighted by Crippen LogP contribution is -2.33. The summed E-state index contributed by atoms with van der Waals surface area (Å²) >= 11 is 0. The molecule has 2 amide bonds. The molecule has 0 aliphatic rings. The summed E-state index contributed by atoms with van der Waals surface area (Å²) in [5.74, 6) is -0.944. The number of hydrogen-bond donors (Lipinski definition) is 2. The Hall–Kier alpha value is -2.55. The van der Waals surface area contributed by atoms with E-state index in [9.17, 15) is 9.59 Å². The molecule has 0 bridgehead atoms. The van der Waals surface area contributed by atoms with Gasteiger partial charge in [0.05, 0.1) is 18.9 Å². The van der Waals surface area contributed by atoms with Gasteiger partial charge in [-0.25, -0.2) is 4.79 Å². The molecule has 1 rings (SSSR count). The Morgan fingerprint density at radius 1 is 1.37 bits per heavy atom. The van der Waals surface area contributed by atoms with Crippen molar-refractivity contribution in [2.75, 3.05) is 18.9 Å². The maximum Gasteiger partial charge on any atom is 0.321 e. The lowest BCUT2D eigenvalue weighted by molar-refractivity contribution is -0.137. The number of nitrogens with one attached hydrogen (secondary N) is 1. The molecule has 0 atom stereocenters. The highest BCUT2D eigenvalue weighted by Gasteiger charge is 2.10. The number of rotatable bonds is 5. The quantitative estimate of drug-likeness (QED) is 0.843. The second kappa shape index (κ2) is 7.01. The fraction of sp³-hybridized carbons (Fsp3) is 0.308. The van der Waals surface area contributed by atoms with Crippen molar-refractivity contribution in [2.24, 2.45) is 0 Å². The Kier molecular flexibility index (Phi) is 5.35. The van der Waals surface area contributed by atoms with Gasteiger partial charge in [0.2, 0.25) is 0 Å². The van der Waals surface area contributed by atoms with E-state index in [0.717, 1.165) is 5.56 Å². The van der Waals surface area contributed by atoms with Gasteiger partial charge in [0.25, 0.3) is 0 Å². The van der Waals surface area contributed by atoms with Crippen LogP contribution < -0.4 is 5.32 Å². The number of amides is 2. The van der Waals surface area contributed by atoms with E-state index in [-0.39, 0.29) is 19.0 Å². The zero-order valence-electron chi connectivity index (χ0n) is 10.6. The number of nitrogens with zero attached hydrogens (tertiary/aromatic N) is 2. The van der Waals surface area contributed by atoms with Gasteiger partial charge in [-0.3, -0.25) is 4.79 Å². The minimum atomic E-state index is -0.944. The summed E-state index contributed by atoms with van der Waals surface area (Å²) in [6.07, 6.45) is 0.234. The van der Waals surface area contributed by atoms with Gasteiger partial charge < -0.3 is 15.3 Å². The molecule has 0 unspecified atom stereocenters. The van der Waals surface area contributed by atoms with Crippen LogP contribution in [0.5, 0.6) is 0 Å². The SMILES string of the molecule is CN(CCC(=O)O)C(=O)Nc1ccc(CC#N)cc1. The van der Waals surface area contributed by atoms with Crippen molar-refractivity contribution in [1.82, 2.24) is 4.90 Å². The predicted molar refractivity (Wildman–Crippen MR) is 69.7 cm³/mol. The highest BCUT2D eigenvalue weighted by molar-refractivity contribution is 5.89. The molecule has 100 valence electrons. The van der Waals surface area contributed by atoms with Crippen LogP contribution >= 0.6 is 0 Å². The van der Waals surface area contributed by atoms with Crippen molar-refractivity contribution in [1.29, 1.82) is 5.26 Å². The lowest BCUT2D eigenvalue weighted by atomic mass is 10.1. The topological polar surface area (TPSA) is 93.4 Å². The zero-order chi connectivity index (χ0) is 14.3. The second-order valence-corrected chi connectivity index (χ2v) is 4.03. The summed E-state index contributed by atoms with van der Waals surface area (Å²) in [5.41, 5.74) is 1.48. The van der Waals surface area contributed by atoms with E-state index >= 15 is 0 Å². The molecule has 0 spiro atoms. The molecule has 19 heavy (non-hydrogen) atoms. The molecule has 0 fully saturated rings. The van der Waals surface area contributed by atoms with E-state index in [4.69, 9.17) is 10.4 Å². The van der Waals surface area contributed by atoms with Crippen LogP contribution in [0.2, 0.25) is 0 Å². The van der Waals surface area contributed by atoms with Gasteiger partial charge in [-0.2, -0.15) is 5.26 Å². The van der Waals surface area contributed by atoms with Crippen LogP contribution in [0.15, 0.2) is 24.3 Å². The molecule has 0 aliphatic carbocycles. The number of anilines is 1. The number of nitriles is 1. The van der Waals surface area contributed by atoms with Crippen molar-refractivity contribution < 1.29 is 14.7 Å². The van der Waals surface area contributed by atoms with E-state index < -0.39 is 5.97 Å². The first kappa shape index (κ1) is 14.5. The number of benzene rings is 1. The molecule has 1 aromatic carbocycles. The van der Waals surface area contributed by atoms with Crippen molar-refractivity contribution in [3.63, 3.8) is 0 Å². The molecule has 6 heteroatoms. The van der Waals surface area contributed by atoms with E-state index in [1.54, 1.807) is 24.3 Å². The average molecular weight is 261 g/mol. The lowest BCUT2D eigenvalue weighted by Gasteiger charge is -2.16. The van der Waals surface area contributed by atoms with Gasteiger partial charge in [-0.15, -0.1) is 0 Å². The van der Waals surface area contributed by atoms with Crippen LogP contribution in [0.25, 0.3) is 0 Å². The van der Waals surface area contributed by atoms with Crippen LogP contribution in [-0.2, 0) is 11.2 Å². The minimum absolute atomic E-state index is 0.0922. The van der Waals surface area contributed by atoms with Crippen LogP contribution in [0.1, 0.15) is 12.0 Å². The van der Waals surface area contributed by atoms with E-state index in [1.807, 2.05) is 6.07 Å². The highest BCUT2D eigenvalue weighted by atomic mass is 16.4. The fourth-order valence-corrected chi connectivity index (χ4v) is 1.38. The monoisotopic (exact) mass is 261 g/mol. The predicted octanol–water partition coefficient (Wildman–Crippen LogP) is 1.69. The number of carbonyl (C=O) groups excluding carboxylic acids is 1. The van der Waals surface area contributed by atoms with E-state index in [1.165, 1.54) is 11.9 Å². The van der Waals surface area contributed by atoms with Crippen LogP contribution in [-0.4, -0.2) is 35.6 Å². The van der Waals surface area contributed by atoms with Crippen molar-refractivity contribution in [2.45, 2.75) is 12.8 Å². The molecule has 6 nitrogen and oxygen atoms in total. The molecule has 0 aromatic heterocycles. The molecule has 1 aromatic rings. The van der Waals surface area contributed by atoms with Gasteiger partial charge in [-0.05, 0) is 17.7 Å².